The summed E-state index contributed by atoms with van der Waals surface area (Å²) in [7, 11) is 0. The van der Waals surface area contributed by atoms with E-state index in [-0.39, 0.29) is 16.9 Å². The van der Waals surface area contributed by atoms with Gasteiger partial charge in [-0.1, -0.05) is 42.3 Å². The van der Waals surface area contributed by atoms with Gasteiger partial charge in [-0.3, -0.25) is 4.98 Å². The number of benzene rings is 1. The highest BCUT2D eigenvalue weighted by Crippen LogP contribution is 2.26. The van der Waals surface area contributed by atoms with Crippen LogP contribution in [0.1, 0.15) is 30.6 Å². The molecule has 0 aliphatic heterocycles. The fourth-order valence-electron chi connectivity index (χ4n) is 2.16. The molecule has 0 spiro atoms. The molecule has 0 aliphatic rings. The van der Waals surface area contributed by atoms with Crippen LogP contribution in [-0.4, -0.2) is 11.5 Å². The number of hydrogen-bond acceptors (Lipinski definition) is 2. The van der Waals surface area contributed by atoms with Crippen LogP contribution < -0.4 is 5.32 Å². The van der Waals surface area contributed by atoms with Gasteiger partial charge in [-0.2, -0.15) is 0 Å². The van der Waals surface area contributed by atoms with Crippen LogP contribution in [0.5, 0.6) is 0 Å². The second kappa shape index (κ2) is 7.74. The highest BCUT2D eigenvalue weighted by atomic mass is 35.5. The number of nitrogens with zero attached hydrogens (tertiary/aromatic N) is 1. The molecule has 0 amide bonds. The number of nitrogens with one attached hydrogen (secondary N) is 1. The molecule has 2 aromatic rings. The first-order valence-electron chi connectivity index (χ1n) is 6.90. The average molecular weight is 327 g/mol. The zero-order chi connectivity index (χ0) is 15.2. The molecule has 1 N–H and O–H groups in total. The third-order valence-corrected chi connectivity index (χ3v) is 3.82. The largest absolute Gasteiger partial charge is 0.308 e. The van der Waals surface area contributed by atoms with Crippen LogP contribution in [0.25, 0.3) is 0 Å². The van der Waals surface area contributed by atoms with Crippen LogP contribution in [0.4, 0.5) is 4.39 Å². The highest BCUT2D eigenvalue weighted by molar-refractivity contribution is 6.31. The standard InChI is InChI=1S/C16H17Cl2FN2/c1-2-8-20-14(16-13(18)7-4-9-21-16)10-11-5-3-6-12(17)15(11)19/h3-7,9,14,20H,2,8,10H2,1H3. The normalized spacial score (nSPS) is 12.4. The van der Waals surface area contributed by atoms with E-state index in [4.69, 9.17) is 23.2 Å². The molecule has 0 aliphatic carbocycles. The van der Waals surface area contributed by atoms with E-state index in [0.717, 1.165) is 18.7 Å². The van der Waals surface area contributed by atoms with Crippen LogP contribution in [0.15, 0.2) is 36.5 Å². The fraction of sp³-hybridized carbons (Fsp3) is 0.312. The van der Waals surface area contributed by atoms with Gasteiger partial charge >= 0.3 is 0 Å². The van der Waals surface area contributed by atoms with Crippen molar-refractivity contribution in [2.45, 2.75) is 25.8 Å². The third kappa shape index (κ3) is 4.16. The number of hydrogen-bond donors (Lipinski definition) is 1. The summed E-state index contributed by atoms with van der Waals surface area (Å²) in [6, 6.07) is 8.45. The molecule has 21 heavy (non-hydrogen) atoms. The van der Waals surface area contributed by atoms with Gasteiger partial charge < -0.3 is 5.32 Å². The van der Waals surface area contributed by atoms with Crippen molar-refractivity contribution in [3.8, 4) is 0 Å². The van der Waals surface area contributed by atoms with Crippen LogP contribution >= 0.6 is 23.2 Å². The van der Waals surface area contributed by atoms with Crippen LogP contribution in [0.3, 0.4) is 0 Å². The van der Waals surface area contributed by atoms with Crippen molar-refractivity contribution >= 4 is 23.2 Å². The molecule has 1 atom stereocenters. The van der Waals surface area contributed by atoms with E-state index >= 15 is 0 Å². The SMILES string of the molecule is CCCNC(Cc1cccc(Cl)c1F)c1ncccc1Cl. The molecular weight excluding hydrogens is 310 g/mol. The zero-order valence-corrected chi connectivity index (χ0v) is 13.3. The molecule has 1 unspecified atom stereocenters. The monoisotopic (exact) mass is 326 g/mol. The minimum Gasteiger partial charge on any atom is -0.308 e. The maximum Gasteiger partial charge on any atom is 0.145 e. The Morgan fingerprint density at radius 3 is 2.67 bits per heavy atom. The lowest BCUT2D eigenvalue weighted by Crippen LogP contribution is -2.25. The van der Waals surface area contributed by atoms with Crippen molar-refractivity contribution in [3.05, 3.63) is 63.6 Å². The van der Waals surface area contributed by atoms with E-state index < -0.39 is 0 Å². The lowest BCUT2D eigenvalue weighted by molar-refractivity contribution is 0.503. The van der Waals surface area contributed by atoms with Crippen LogP contribution in [0, 0.1) is 5.82 Å². The summed E-state index contributed by atoms with van der Waals surface area (Å²) in [5.41, 5.74) is 1.28. The Bertz CT molecular complexity index is 605. The Labute approximate surface area is 134 Å². The summed E-state index contributed by atoms with van der Waals surface area (Å²) < 4.78 is 14.1. The van der Waals surface area contributed by atoms with Gasteiger partial charge in [0, 0.05) is 6.20 Å². The summed E-state index contributed by atoms with van der Waals surface area (Å²) in [6.07, 6.45) is 3.11. The molecule has 0 bridgehead atoms. The van der Waals surface area contributed by atoms with Gasteiger partial charge in [0.15, 0.2) is 0 Å². The summed E-state index contributed by atoms with van der Waals surface area (Å²) in [5, 5.41) is 4.08. The molecule has 0 fully saturated rings. The molecule has 1 aromatic heterocycles. The number of rotatable bonds is 6. The fourth-order valence-corrected chi connectivity index (χ4v) is 2.61. The Kier molecular flexibility index (Phi) is 5.97. The van der Waals surface area contributed by atoms with Crippen molar-refractivity contribution < 1.29 is 4.39 Å². The predicted octanol–water partition coefficient (Wildman–Crippen LogP) is 4.81. The van der Waals surface area contributed by atoms with E-state index in [0.29, 0.717) is 17.0 Å². The number of aromatic nitrogens is 1. The minimum absolute atomic E-state index is 0.133. The molecule has 5 heteroatoms. The molecule has 0 saturated carbocycles. The van der Waals surface area contributed by atoms with E-state index in [1.807, 2.05) is 0 Å². The molecule has 2 nitrogen and oxygen atoms in total. The zero-order valence-electron chi connectivity index (χ0n) is 11.7. The smallest absolute Gasteiger partial charge is 0.145 e. The van der Waals surface area contributed by atoms with Crippen LogP contribution in [-0.2, 0) is 6.42 Å². The second-order valence-electron chi connectivity index (χ2n) is 4.79. The van der Waals surface area contributed by atoms with Crippen molar-refractivity contribution in [3.63, 3.8) is 0 Å². The summed E-state index contributed by atoms with van der Waals surface area (Å²) in [6.45, 7) is 2.88. The molecule has 0 saturated heterocycles. The van der Waals surface area contributed by atoms with E-state index in [2.05, 4.69) is 17.2 Å². The third-order valence-electron chi connectivity index (χ3n) is 3.21. The quantitative estimate of drug-likeness (QED) is 0.823. The van der Waals surface area contributed by atoms with Crippen molar-refractivity contribution in [1.29, 1.82) is 0 Å². The molecule has 2 rings (SSSR count). The Balaban J connectivity index is 2.28. The van der Waals surface area contributed by atoms with Crippen molar-refractivity contribution in [2.75, 3.05) is 6.54 Å². The van der Waals surface area contributed by atoms with Crippen LogP contribution in [0.2, 0.25) is 10.0 Å². The molecule has 1 heterocycles. The topological polar surface area (TPSA) is 24.9 Å². The van der Waals surface area contributed by atoms with Gasteiger partial charge in [0.2, 0.25) is 0 Å². The first-order valence-corrected chi connectivity index (χ1v) is 7.65. The lowest BCUT2D eigenvalue weighted by atomic mass is 10.0. The first kappa shape index (κ1) is 16.2. The van der Waals surface area contributed by atoms with Gasteiger partial charge in [-0.15, -0.1) is 0 Å². The molecule has 0 radical (unpaired) electrons. The Morgan fingerprint density at radius 2 is 1.95 bits per heavy atom. The number of halogens is 3. The first-order chi connectivity index (χ1) is 10.1. The van der Waals surface area contributed by atoms with E-state index in [1.165, 1.54) is 0 Å². The summed E-state index contributed by atoms with van der Waals surface area (Å²) >= 11 is 12.1. The average Bonchev–Trinajstić information content (AvgIpc) is 2.48. The summed E-state index contributed by atoms with van der Waals surface area (Å²) in [5.74, 6) is -0.380. The van der Waals surface area contributed by atoms with Crippen molar-refractivity contribution in [1.82, 2.24) is 10.3 Å². The minimum atomic E-state index is -0.380. The Morgan fingerprint density at radius 1 is 1.19 bits per heavy atom. The van der Waals surface area contributed by atoms with Gasteiger partial charge in [0.25, 0.3) is 0 Å². The highest BCUT2D eigenvalue weighted by Gasteiger charge is 2.18. The second-order valence-corrected chi connectivity index (χ2v) is 5.61. The number of pyridine rings is 1. The molecular formula is C16H17Cl2FN2. The van der Waals surface area contributed by atoms with Gasteiger partial charge in [-0.05, 0) is 43.1 Å². The molecule has 112 valence electrons. The maximum absolute atomic E-state index is 14.1. The Hall–Kier alpha value is -1.16. The lowest BCUT2D eigenvalue weighted by Gasteiger charge is -2.19. The van der Waals surface area contributed by atoms with Crippen molar-refractivity contribution in [2.24, 2.45) is 0 Å². The maximum atomic E-state index is 14.1. The van der Waals surface area contributed by atoms with E-state index in [1.54, 1.807) is 36.5 Å². The van der Waals surface area contributed by atoms with E-state index in [9.17, 15) is 4.39 Å². The predicted molar refractivity (Wildman–Crippen MR) is 85.4 cm³/mol. The van der Waals surface area contributed by atoms with Gasteiger partial charge in [0.05, 0.1) is 21.8 Å². The van der Waals surface area contributed by atoms with Gasteiger partial charge in [-0.25, -0.2) is 4.39 Å². The van der Waals surface area contributed by atoms with Gasteiger partial charge in [0.1, 0.15) is 5.82 Å². The molecule has 1 aromatic carbocycles. The summed E-state index contributed by atoms with van der Waals surface area (Å²) in [4.78, 5) is 4.33.